The molecule has 1 aromatic rings. The number of nitrogens with one attached hydrogen (secondary N) is 1. The van der Waals surface area contributed by atoms with Gasteiger partial charge in [-0.1, -0.05) is 6.92 Å². The van der Waals surface area contributed by atoms with Crippen molar-refractivity contribution in [1.29, 1.82) is 0 Å². The fourth-order valence-electron chi connectivity index (χ4n) is 1.88. The Morgan fingerprint density at radius 3 is 2.56 bits per heavy atom. The van der Waals surface area contributed by atoms with Crippen molar-refractivity contribution in [2.45, 2.75) is 46.7 Å². The zero-order valence-electron chi connectivity index (χ0n) is 11.8. The molecule has 6 heteroatoms. The summed E-state index contributed by atoms with van der Waals surface area (Å²) in [4.78, 5) is 16.3. The standard InChI is InChI=1S/C12H22N4O2/c1-6-13-12(5,11(17)18-7-2)8-16-10(4)14-9(3)15-16/h13H,6-8H2,1-5H3. The Morgan fingerprint density at radius 2 is 2.11 bits per heavy atom. The third-order valence-corrected chi connectivity index (χ3v) is 2.72. The van der Waals surface area contributed by atoms with Crippen LogP contribution in [0.15, 0.2) is 0 Å². The molecule has 6 nitrogen and oxygen atoms in total. The van der Waals surface area contributed by atoms with E-state index in [-0.39, 0.29) is 5.97 Å². The predicted molar refractivity (Wildman–Crippen MR) is 68.2 cm³/mol. The Labute approximate surface area is 108 Å². The predicted octanol–water partition coefficient (Wildman–Crippen LogP) is 0.826. The summed E-state index contributed by atoms with van der Waals surface area (Å²) in [6.07, 6.45) is 0. The van der Waals surface area contributed by atoms with Crippen LogP contribution in [0.5, 0.6) is 0 Å². The van der Waals surface area contributed by atoms with Gasteiger partial charge in [-0.3, -0.25) is 0 Å². The van der Waals surface area contributed by atoms with E-state index in [1.807, 2.05) is 27.7 Å². The molecular weight excluding hydrogens is 232 g/mol. The van der Waals surface area contributed by atoms with Crippen molar-refractivity contribution >= 4 is 5.97 Å². The highest BCUT2D eigenvalue weighted by molar-refractivity contribution is 5.80. The average molecular weight is 254 g/mol. The first-order chi connectivity index (χ1) is 8.42. The van der Waals surface area contributed by atoms with Crippen LogP contribution in [0, 0.1) is 13.8 Å². The van der Waals surface area contributed by atoms with Gasteiger partial charge in [0, 0.05) is 0 Å². The van der Waals surface area contributed by atoms with Crippen LogP contribution in [0.1, 0.15) is 32.4 Å². The minimum absolute atomic E-state index is 0.264. The third kappa shape index (κ3) is 3.29. The van der Waals surface area contributed by atoms with E-state index in [0.29, 0.717) is 25.5 Å². The molecule has 1 atom stereocenters. The van der Waals surface area contributed by atoms with Crippen molar-refractivity contribution in [2.75, 3.05) is 13.2 Å². The summed E-state index contributed by atoms with van der Waals surface area (Å²) in [6, 6.07) is 0. The Hall–Kier alpha value is -1.43. The molecule has 0 fully saturated rings. The van der Waals surface area contributed by atoms with Gasteiger partial charge in [0.2, 0.25) is 0 Å². The molecule has 0 bridgehead atoms. The molecule has 0 aliphatic carbocycles. The Bertz CT molecular complexity index is 416. The van der Waals surface area contributed by atoms with Gasteiger partial charge in [-0.15, -0.1) is 0 Å². The van der Waals surface area contributed by atoms with Crippen LogP contribution in [0.2, 0.25) is 0 Å². The summed E-state index contributed by atoms with van der Waals surface area (Å²) in [7, 11) is 0. The van der Waals surface area contributed by atoms with Crippen molar-refractivity contribution in [3.8, 4) is 0 Å². The molecule has 0 aromatic carbocycles. The first-order valence-electron chi connectivity index (χ1n) is 6.23. The minimum atomic E-state index is -0.782. The normalized spacial score (nSPS) is 14.3. The van der Waals surface area contributed by atoms with Crippen molar-refractivity contribution in [1.82, 2.24) is 20.1 Å². The first-order valence-corrected chi connectivity index (χ1v) is 6.23. The number of esters is 1. The number of rotatable bonds is 6. The van der Waals surface area contributed by atoms with E-state index < -0.39 is 5.54 Å². The van der Waals surface area contributed by atoms with Gasteiger partial charge in [0.05, 0.1) is 13.2 Å². The number of hydrogen-bond donors (Lipinski definition) is 1. The quantitative estimate of drug-likeness (QED) is 0.761. The molecule has 0 aliphatic rings. The molecular formula is C12H22N4O2. The van der Waals surface area contributed by atoms with Gasteiger partial charge < -0.3 is 10.1 Å². The van der Waals surface area contributed by atoms with E-state index in [1.54, 1.807) is 11.6 Å². The minimum Gasteiger partial charge on any atom is -0.465 e. The summed E-state index contributed by atoms with van der Waals surface area (Å²) in [5, 5.41) is 7.44. The molecule has 0 aliphatic heterocycles. The van der Waals surface area contributed by atoms with Crippen LogP contribution in [-0.2, 0) is 16.1 Å². The first kappa shape index (κ1) is 14.6. The zero-order chi connectivity index (χ0) is 13.8. The maximum atomic E-state index is 12.0. The van der Waals surface area contributed by atoms with E-state index in [4.69, 9.17) is 4.74 Å². The molecule has 0 saturated carbocycles. The third-order valence-electron chi connectivity index (χ3n) is 2.72. The van der Waals surface area contributed by atoms with Crippen molar-refractivity contribution in [2.24, 2.45) is 0 Å². The van der Waals surface area contributed by atoms with Crippen LogP contribution in [0.4, 0.5) is 0 Å². The van der Waals surface area contributed by atoms with Gasteiger partial charge in [-0.25, -0.2) is 14.5 Å². The van der Waals surface area contributed by atoms with Gasteiger partial charge in [-0.2, -0.15) is 5.10 Å². The molecule has 1 N–H and O–H groups in total. The highest BCUT2D eigenvalue weighted by atomic mass is 16.5. The van der Waals surface area contributed by atoms with Crippen molar-refractivity contribution in [3.63, 3.8) is 0 Å². The maximum absolute atomic E-state index is 12.0. The molecule has 0 amide bonds. The second-order valence-electron chi connectivity index (χ2n) is 4.45. The second-order valence-corrected chi connectivity index (χ2v) is 4.45. The van der Waals surface area contributed by atoms with E-state index in [9.17, 15) is 4.79 Å². The molecule has 1 aromatic heterocycles. The Kier molecular flexibility index (Phi) is 4.84. The fourth-order valence-corrected chi connectivity index (χ4v) is 1.88. The molecule has 0 spiro atoms. The molecule has 102 valence electrons. The largest absolute Gasteiger partial charge is 0.465 e. The number of aryl methyl sites for hydroxylation is 2. The number of hydrogen-bond acceptors (Lipinski definition) is 5. The van der Waals surface area contributed by atoms with Crippen molar-refractivity contribution < 1.29 is 9.53 Å². The molecule has 1 rings (SSSR count). The lowest BCUT2D eigenvalue weighted by Crippen LogP contribution is -2.53. The van der Waals surface area contributed by atoms with E-state index in [0.717, 1.165) is 5.82 Å². The number of carbonyl (C=O) groups is 1. The van der Waals surface area contributed by atoms with Gasteiger partial charge >= 0.3 is 5.97 Å². The highest BCUT2D eigenvalue weighted by Crippen LogP contribution is 2.11. The van der Waals surface area contributed by atoms with Gasteiger partial charge in [0.25, 0.3) is 0 Å². The highest BCUT2D eigenvalue weighted by Gasteiger charge is 2.35. The summed E-state index contributed by atoms with van der Waals surface area (Å²) in [5.41, 5.74) is -0.782. The Morgan fingerprint density at radius 1 is 1.44 bits per heavy atom. The monoisotopic (exact) mass is 254 g/mol. The topological polar surface area (TPSA) is 69.0 Å². The lowest BCUT2D eigenvalue weighted by molar-refractivity contribution is -0.151. The van der Waals surface area contributed by atoms with Gasteiger partial charge in [0.1, 0.15) is 17.2 Å². The number of aromatic nitrogens is 3. The number of likely N-dealkylation sites (N-methyl/N-ethyl adjacent to an activating group) is 1. The number of ether oxygens (including phenoxy) is 1. The van der Waals surface area contributed by atoms with Crippen molar-refractivity contribution in [3.05, 3.63) is 11.6 Å². The number of nitrogens with zero attached hydrogens (tertiary/aromatic N) is 3. The van der Waals surface area contributed by atoms with E-state index in [1.165, 1.54) is 0 Å². The van der Waals surface area contributed by atoms with E-state index in [2.05, 4.69) is 15.4 Å². The SMILES string of the molecule is CCNC(C)(Cn1nc(C)nc1C)C(=O)OCC. The fraction of sp³-hybridized carbons (Fsp3) is 0.750. The van der Waals surface area contributed by atoms with Gasteiger partial charge in [0.15, 0.2) is 0 Å². The molecule has 1 unspecified atom stereocenters. The average Bonchev–Trinajstić information content (AvgIpc) is 2.58. The lowest BCUT2D eigenvalue weighted by atomic mass is 10.0. The molecule has 18 heavy (non-hydrogen) atoms. The van der Waals surface area contributed by atoms with E-state index >= 15 is 0 Å². The molecule has 0 radical (unpaired) electrons. The van der Waals surface area contributed by atoms with Crippen LogP contribution < -0.4 is 5.32 Å². The summed E-state index contributed by atoms with van der Waals surface area (Å²) < 4.78 is 6.85. The second kappa shape index (κ2) is 5.95. The zero-order valence-corrected chi connectivity index (χ0v) is 11.8. The van der Waals surface area contributed by atoms with Gasteiger partial charge in [-0.05, 0) is 34.2 Å². The smallest absolute Gasteiger partial charge is 0.327 e. The van der Waals surface area contributed by atoms with Crippen LogP contribution in [-0.4, -0.2) is 39.4 Å². The lowest BCUT2D eigenvalue weighted by Gasteiger charge is -2.28. The number of carbonyl (C=O) groups excluding carboxylic acids is 1. The van der Waals surface area contributed by atoms with Crippen LogP contribution in [0.3, 0.4) is 0 Å². The van der Waals surface area contributed by atoms with Crippen LogP contribution >= 0.6 is 0 Å². The van der Waals surface area contributed by atoms with Crippen LogP contribution in [0.25, 0.3) is 0 Å². The molecule has 1 heterocycles. The maximum Gasteiger partial charge on any atom is 0.327 e. The molecule has 0 saturated heterocycles. The summed E-state index contributed by atoms with van der Waals surface area (Å²) in [5.74, 6) is 1.23. The summed E-state index contributed by atoms with van der Waals surface area (Å²) >= 11 is 0. The Balaban J connectivity index is 2.91. The summed E-state index contributed by atoms with van der Waals surface area (Å²) in [6.45, 7) is 10.7.